The van der Waals surface area contributed by atoms with E-state index < -0.39 is 6.04 Å². The van der Waals surface area contributed by atoms with Gasteiger partial charge in [-0.2, -0.15) is 15.0 Å². The SMILES string of the molecule is COC(=O)C(Cc1ccc(CCCc2nc(-c3ccccc3)oc2C)cc1)n1nccn1. The van der Waals surface area contributed by atoms with Gasteiger partial charge in [0, 0.05) is 12.0 Å². The van der Waals surface area contributed by atoms with E-state index in [0.717, 1.165) is 41.8 Å². The van der Waals surface area contributed by atoms with Crippen molar-refractivity contribution in [1.82, 2.24) is 20.0 Å². The summed E-state index contributed by atoms with van der Waals surface area (Å²) in [6.07, 6.45) is 6.36. The fraction of sp³-hybridized carbons (Fsp3) is 0.280. The van der Waals surface area contributed by atoms with Crippen LogP contribution >= 0.6 is 0 Å². The Bertz CT molecular complexity index is 1140. The molecule has 0 saturated carbocycles. The highest BCUT2D eigenvalue weighted by Gasteiger charge is 2.23. The van der Waals surface area contributed by atoms with Gasteiger partial charge in [-0.15, -0.1) is 0 Å². The first-order chi connectivity index (χ1) is 15.6. The average molecular weight is 431 g/mol. The second-order valence-corrected chi connectivity index (χ2v) is 7.65. The lowest BCUT2D eigenvalue weighted by molar-refractivity contribution is -0.145. The quantitative estimate of drug-likeness (QED) is 0.367. The van der Waals surface area contributed by atoms with Crippen molar-refractivity contribution in [3.8, 4) is 11.5 Å². The number of aromatic nitrogens is 4. The Balaban J connectivity index is 1.33. The summed E-state index contributed by atoms with van der Waals surface area (Å²) in [6.45, 7) is 1.97. The molecule has 1 atom stereocenters. The molecule has 2 heterocycles. The lowest BCUT2D eigenvalue weighted by Crippen LogP contribution is -2.25. The Kier molecular flexibility index (Phi) is 6.75. The summed E-state index contributed by atoms with van der Waals surface area (Å²) in [5.41, 5.74) is 4.27. The maximum absolute atomic E-state index is 12.1. The third-order valence-electron chi connectivity index (χ3n) is 5.43. The molecule has 0 N–H and O–H groups in total. The minimum absolute atomic E-state index is 0.358. The van der Waals surface area contributed by atoms with Gasteiger partial charge in [0.2, 0.25) is 5.89 Å². The Morgan fingerprint density at radius 2 is 1.69 bits per heavy atom. The van der Waals surface area contributed by atoms with Crippen molar-refractivity contribution in [2.45, 2.75) is 38.6 Å². The molecule has 7 heteroatoms. The summed E-state index contributed by atoms with van der Waals surface area (Å²) >= 11 is 0. The van der Waals surface area contributed by atoms with Crippen LogP contribution < -0.4 is 0 Å². The third-order valence-corrected chi connectivity index (χ3v) is 5.43. The van der Waals surface area contributed by atoms with Crippen LogP contribution in [0.5, 0.6) is 0 Å². The molecule has 32 heavy (non-hydrogen) atoms. The number of rotatable bonds is 9. The molecule has 0 amide bonds. The maximum atomic E-state index is 12.1. The number of hydrogen-bond donors (Lipinski definition) is 0. The van der Waals surface area contributed by atoms with Crippen LogP contribution in [0.25, 0.3) is 11.5 Å². The van der Waals surface area contributed by atoms with E-state index >= 15 is 0 Å². The summed E-state index contributed by atoms with van der Waals surface area (Å²) in [7, 11) is 1.38. The van der Waals surface area contributed by atoms with Gasteiger partial charge in [-0.05, 0) is 49.4 Å². The zero-order chi connectivity index (χ0) is 22.3. The third kappa shape index (κ3) is 5.11. The molecule has 0 radical (unpaired) electrons. The minimum Gasteiger partial charge on any atom is -0.467 e. The molecule has 0 bridgehead atoms. The summed E-state index contributed by atoms with van der Waals surface area (Å²) in [4.78, 5) is 18.2. The van der Waals surface area contributed by atoms with E-state index in [1.54, 1.807) is 12.4 Å². The van der Waals surface area contributed by atoms with Gasteiger partial charge in [0.25, 0.3) is 0 Å². The van der Waals surface area contributed by atoms with Crippen molar-refractivity contribution in [2.24, 2.45) is 0 Å². The maximum Gasteiger partial charge on any atom is 0.332 e. The fourth-order valence-corrected chi connectivity index (χ4v) is 3.67. The van der Waals surface area contributed by atoms with Crippen LogP contribution in [0.1, 0.15) is 35.0 Å². The predicted octanol–water partition coefficient (Wildman–Crippen LogP) is 4.37. The lowest BCUT2D eigenvalue weighted by Gasteiger charge is -2.14. The molecule has 164 valence electrons. The lowest BCUT2D eigenvalue weighted by atomic mass is 10.0. The van der Waals surface area contributed by atoms with Crippen molar-refractivity contribution < 1.29 is 13.9 Å². The molecule has 0 spiro atoms. The van der Waals surface area contributed by atoms with E-state index in [4.69, 9.17) is 9.15 Å². The highest BCUT2D eigenvalue weighted by atomic mass is 16.5. The average Bonchev–Trinajstić information content (AvgIpc) is 3.49. The van der Waals surface area contributed by atoms with E-state index in [-0.39, 0.29) is 5.97 Å². The molecule has 0 saturated heterocycles. The van der Waals surface area contributed by atoms with Crippen LogP contribution in [0.15, 0.2) is 71.4 Å². The van der Waals surface area contributed by atoms with Gasteiger partial charge < -0.3 is 9.15 Å². The second kappa shape index (κ2) is 10.0. The molecule has 2 aromatic heterocycles. The molecule has 4 rings (SSSR count). The van der Waals surface area contributed by atoms with Crippen molar-refractivity contribution in [3.05, 3.63) is 89.6 Å². The topological polar surface area (TPSA) is 83.0 Å². The van der Waals surface area contributed by atoms with Crippen LogP contribution in [0, 0.1) is 6.92 Å². The summed E-state index contributed by atoms with van der Waals surface area (Å²) in [5, 5.41) is 8.18. The number of nitrogens with zero attached hydrogens (tertiary/aromatic N) is 4. The summed E-state index contributed by atoms with van der Waals surface area (Å²) in [5.74, 6) is 1.19. The normalized spacial score (nSPS) is 11.9. The molecular formula is C25H26N4O3. The van der Waals surface area contributed by atoms with Gasteiger partial charge >= 0.3 is 5.97 Å². The zero-order valence-electron chi connectivity index (χ0n) is 18.3. The monoisotopic (exact) mass is 430 g/mol. The minimum atomic E-state index is -0.574. The molecule has 0 aliphatic heterocycles. The second-order valence-electron chi connectivity index (χ2n) is 7.65. The van der Waals surface area contributed by atoms with Crippen molar-refractivity contribution >= 4 is 5.97 Å². The number of hydrogen-bond acceptors (Lipinski definition) is 6. The summed E-state index contributed by atoms with van der Waals surface area (Å²) < 4.78 is 10.8. The Hall–Kier alpha value is -3.74. The number of carbonyl (C=O) groups excluding carboxylic acids is 1. The number of aryl methyl sites for hydroxylation is 3. The van der Waals surface area contributed by atoms with E-state index in [9.17, 15) is 4.79 Å². The van der Waals surface area contributed by atoms with Crippen LogP contribution in [0.2, 0.25) is 0 Å². The molecule has 0 fully saturated rings. The zero-order valence-corrected chi connectivity index (χ0v) is 18.3. The first-order valence-electron chi connectivity index (χ1n) is 10.7. The number of ether oxygens (including phenoxy) is 1. The highest BCUT2D eigenvalue weighted by molar-refractivity contribution is 5.74. The smallest absolute Gasteiger partial charge is 0.332 e. The molecule has 4 aromatic rings. The van der Waals surface area contributed by atoms with Crippen molar-refractivity contribution in [3.63, 3.8) is 0 Å². The Morgan fingerprint density at radius 3 is 2.38 bits per heavy atom. The van der Waals surface area contributed by atoms with Crippen LogP contribution in [-0.4, -0.2) is 33.1 Å². The van der Waals surface area contributed by atoms with E-state index in [1.165, 1.54) is 17.5 Å². The number of benzene rings is 2. The van der Waals surface area contributed by atoms with E-state index in [0.29, 0.717) is 12.3 Å². The summed E-state index contributed by atoms with van der Waals surface area (Å²) in [6, 6.07) is 17.7. The largest absolute Gasteiger partial charge is 0.467 e. The molecule has 1 unspecified atom stereocenters. The van der Waals surface area contributed by atoms with Crippen LogP contribution in [-0.2, 0) is 28.8 Å². The van der Waals surface area contributed by atoms with Crippen LogP contribution in [0.3, 0.4) is 0 Å². The van der Waals surface area contributed by atoms with Gasteiger partial charge in [-0.3, -0.25) is 0 Å². The molecular weight excluding hydrogens is 404 g/mol. The van der Waals surface area contributed by atoms with Gasteiger partial charge in [0.05, 0.1) is 25.2 Å². The first kappa shape index (κ1) is 21.5. The highest BCUT2D eigenvalue weighted by Crippen LogP contribution is 2.23. The Labute approximate surface area is 187 Å². The van der Waals surface area contributed by atoms with E-state index in [1.807, 2.05) is 49.4 Å². The number of carbonyl (C=O) groups is 1. The Morgan fingerprint density at radius 1 is 1.00 bits per heavy atom. The van der Waals surface area contributed by atoms with Crippen molar-refractivity contribution in [1.29, 1.82) is 0 Å². The van der Waals surface area contributed by atoms with Crippen LogP contribution in [0.4, 0.5) is 0 Å². The number of esters is 1. The van der Waals surface area contributed by atoms with Crippen molar-refractivity contribution in [2.75, 3.05) is 7.11 Å². The fourth-order valence-electron chi connectivity index (χ4n) is 3.67. The van der Waals surface area contributed by atoms with Gasteiger partial charge in [-0.25, -0.2) is 9.78 Å². The molecule has 0 aliphatic carbocycles. The first-order valence-corrected chi connectivity index (χ1v) is 10.7. The van der Waals surface area contributed by atoms with Gasteiger partial charge in [0.15, 0.2) is 6.04 Å². The molecule has 7 nitrogen and oxygen atoms in total. The van der Waals surface area contributed by atoms with Gasteiger partial charge in [0.1, 0.15) is 5.76 Å². The predicted molar refractivity (Wildman–Crippen MR) is 120 cm³/mol. The molecule has 0 aliphatic rings. The number of methoxy groups -OCH3 is 1. The van der Waals surface area contributed by atoms with E-state index in [2.05, 4.69) is 27.3 Å². The molecule has 2 aromatic carbocycles. The standard InChI is InChI=1S/C25H26N4O3/c1-18-22(28-24(32-18)21-8-4-3-5-9-21)10-6-7-19-11-13-20(14-12-19)17-23(25(30)31-2)29-26-15-16-27-29/h3-5,8-9,11-16,23H,6-7,10,17H2,1-2H3. The van der Waals surface area contributed by atoms with Gasteiger partial charge in [-0.1, -0.05) is 42.5 Å². The number of oxazole rings is 1.